The zero-order chi connectivity index (χ0) is 9.68. The second kappa shape index (κ2) is 5.00. The van der Waals surface area contributed by atoms with Crippen molar-refractivity contribution < 1.29 is 9.59 Å². The van der Waals surface area contributed by atoms with Crippen molar-refractivity contribution in [2.24, 2.45) is 0 Å². The van der Waals surface area contributed by atoms with Gasteiger partial charge < -0.3 is 0 Å². The Morgan fingerprint density at radius 3 is 2.85 bits per heavy atom. The van der Waals surface area contributed by atoms with Crippen LogP contribution in [0.1, 0.15) is 45.4 Å². The number of amides is 2. The van der Waals surface area contributed by atoms with Gasteiger partial charge in [-0.2, -0.15) is 0 Å². The van der Waals surface area contributed by atoms with Crippen LogP contribution >= 0.6 is 0 Å². The van der Waals surface area contributed by atoms with Crippen LogP contribution in [-0.2, 0) is 9.59 Å². The summed E-state index contributed by atoms with van der Waals surface area (Å²) in [7, 11) is 0. The van der Waals surface area contributed by atoms with Crippen molar-refractivity contribution in [1.82, 2.24) is 4.90 Å². The van der Waals surface area contributed by atoms with E-state index in [1.807, 2.05) is 6.92 Å². The summed E-state index contributed by atoms with van der Waals surface area (Å²) in [6.07, 6.45) is 4.90. The molecule has 74 valence electrons. The van der Waals surface area contributed by atoms with E-state index in [1.54, 1.807) is 0 Å². The molecule has 0 aromatic carbocycles. The van der Waals surface area contributed by atoms with Gasteiger partial charge >= 0.3 is 0 Å². The van der Waals surface area contributed by atoms with E-state index in [-0.39, 0.29) is 11.8 Å². The molecule has 0 radical (unpaired) electrons. The van der Waals surface area contributed by atoms with Gasteiger partial charge in [-0.1, -0.05) is 13.3 Å². The van der Waals surface area contributed by atoms with Crippen LogP contribution in [0, 0.1) is 0 Å². The van der Waals surface area contributed by atoms with Crippen molar-refractivity contribution in [3.05, 3.63) is 0 Å². The zero-order valence-electron chi connectivity index (χ0n) is 8.21. The van der Waals surface area contributed by atoms with Gasteiger partial charge in [0, 0.05) is 19.4 Å². The quantitative estimate of drug-likeness (QED) is 0.668. The van der Waals surface area contributed by atoms with Gasteiger partial charge in [-0.25, -0.2) is 0 Å². The minimum atomic E-state index is 0.0200. The van der Waals surface area contributed by atoms with Crippen molar-refractivity contribution in [3.8, 4) is 0 Å². The summed E-state index contributed by atoms with van der Waals surface area (Å²) in [5, 5.41) is 0. The normalized spacial score (nSPS) is 17.6. The minimum Gasteiger partial charge on any atom is -0.283 e. The predicted molar refractivity (Wildman–Crippen MR) is 50.1 cm³/mol. The molecular weight excluding hydrogens is 166 g/mol. The first-order valence-corrected chi connectivity index (χ1v) is 5.09. The number of rotatable bonds is 3. The van der Waals surface area contributed by atoms with Crippen molar-refractivity contribution >= 4 is 11.8 Å². The second-order valence-electron chi connectivity index (χ2n) is 3.50. The predicted octanol–water partition coefficient (Wildman–Crippen LogP) is 1.72. The summed E-state index contributed by atoms with van der Waals surface area (Å²) in [6, 6.07) is 0. The first-order valence-electron chi connectivity index (χ1n) is 5.09. The molecule has 0 saturated carbocycles. The molecule has 1 heterocycles. The topological polar surface area (TPSA) is 37.4 Å². The van der Waals surface area contributed by atoms with Gasteiger partial charge in [0.05, 0.1) is 0 Å². The molecule has 1 saturated heterocycles. The number of carbonyl (C=O) groups excluding carboxylic acids is 2. The Hall–Kier alpha value is -0.860. The molecule has 0 aromatic heterocycles. The molecule has 0 unspecified atom stereocenters. The fourth-order valence-electron chi connectivity index (χ4n) is 1.53. The van der Waals surface area contributed by atoms with Crippen LogP contribution in [0.5, 0.6) is 0 Å². The first kappa shape index (κ1) is 10.2. The number of unbranched alkanes of at least 4 members (excludes halogenated alkanes) is 1. The average Bonchev–Trinajstić information content (AvgIpc) is 2.15. The summed E-state index contributed by atoms with van der Waals surface area (Å²) in [6.45, 7) is 2.69. The molecule has 0 atom stereocenters. The molecule has 1 fully saturated rings. The standard InChI is InChI=1S/C10H17NO2/c1-2-3-6-9(12)11-8-5-4-7-10(11)13/h2-8H2,1H3. The monoisotopic (exact) mass is 183 g/mol. The summed E-state index contributed by atoms with van der Waals surface area (Å²) in [4.78, 5) is 24.2. The van der Waals surface area contributed by atoms with Gasteiger partial charge in [0.1, 0.15) is 0 Å². The van der Waals surface area contributed by atoms with Gasteiger partial charge in [-0.3, -0.25) is 14.5 Å². The Morgan fingerprint density at radius 1 is 1.46 bits per heavy atom. The van der Waals surface area contributed by atoms with E-state index < -0.39 is 0 Å². The molecule has 0 aliphatic carbocycles. The molecule has 1 aliphatic heterocycles. The third-order valence-corrected chi connectivity index (χ3v) is 2.37. The van der Waals surface area contributed by atoms with E-state index in [1.165, 1.54) is 4.90 Å². The number of carbonyl (C=O) groups is 2. The van der Waals surface area contributed by atoms with Crippen LogP contribution in [0.2, 0.25) is 0 Å². The molecule has 0 spiro atoms. The van der Waals surface area contributed by atoms with Crippen molar-refractivity contribution in [2.45, 2.75) is 45.4 Å². The lowest BCUT2D eigenvalue weighted by atomic mass is 10.1. The third-order valence-electron chi connectivity index (χ3n) is 2.37. The van der Waals surface area contributed by atoms with E-state index in [0.717, 1.165) is 25.7 Å². The maximum atomic E-state index is 11.5. The highest BCUT2D eigenvalue weighted by Gasteiger charge is 2.23. The molecule has 0 N–H and O–H groups in total. The summed E-state index contributed by atoms with van der Waals surface area (Å²) in [5.74, 6) is 0.0407. The maximum Gasteiger partial charge on any atom is 0.229 e. The lowest BCUT2D eigenvalue weighted by Crippen LogP contribution is -2.40. The molecule has 3 nitrogen and oxygen atoms in total. The molecule has 1 aliphatic rings. The third kappa shape index (κ3) is 2.83. The average molecular weight is 183 g/mol. The summed E-state index contributed by atoms with van der Waals surface area (Å²) < 4.78 is 0. The highest BCUT2D eigenvalue weighted by molar-refractivity contribution is 5.95. The van der Waals surface area contributed by atoms with E-state index in [0.29, 0.717) is 19.4 Å². The number of imide groups is 1. The zero-order valence-corrected chi connectivity index (χ0v) is 8.21. The maximum absolute atomic E-state index is 11.5. The SMILES string of the molecule is CCCCC(=O)N1CCCCC1=O. The fourth-order valence-corrected chi connectivity index (χ4v) is 1.53. The molecule has 13 heavy (non-hydrogen) atoms. The number of hydrogen-bond acceptors (Lipinski definition) is 2. The van der Waals surface area contributed by atoms with Crippen LogP contribution in [0.25, 0.3) is 0 Å². The van der Waals surface area contributed by atoms with Crippen molar-refractivity contribution in [2.75, 3.05) is 6.54 Å². The molecule has 0 bridgehead atoms. The highest BCUT2D eigenvalue weighted by atomic mass is 16.2. The Bertz CT molecular complexity index is 201. The number of hydrogen-bond donors (Lipinski definition) is 0. The van der Waals surface area contributed by atoms with E-state index in [4.69, 9.17) is 0 Å². The van der Waals surface area contributed by atoms with E-state index >= 15 is 0 Å². The Kier molecular flexibility index (Phi) is 3.93. The van der Waals surface area contributed by atoms with Crippen molar-refractivity contribution in [3.63, 3.8) is 0 Å². The van der Waals surface area contributed by atoms with Gasteiger partial charge in [-0.15, -0.1) is 0 Å². The van der Waals surface area contributed by atoms with Crippen LogP contribution in [-0.4, -0.2) is 23.3 Å². The largest absolute Gasteiger partial charge is 0.283 e. The molecular formula is C10H17NO2. The van der Waals surface area contributed by atoms with Gasteiger partial charge in [0.2, 0.25) is 11.8 Å². The number of likely N-dealkylation sites (tertiary alicyclic amines) is 1. The molecule has 3 heteroatoms. The first-order chi connectivity index (χ1) is 6.25. The Labute approximate surface area is 79.1 Å². The van der Waals surface area contributed by atoms with E-state index in [9.17, 15) is 9.59 Å². The van der Waals surface area contributed by atoms with Gasteiger partial charge in [0.25, 0.3) is 0 Å². The second-order valence-corrected chi connectivity index (χ2v) is 3.50. The number of piperidine rings is 1. The van der Waals surface area contributed by atoms with Crippen LogP contribution < -0.4 is 0 Å². The summed E-state index contributed by atoms with van der Waals surface area (Å²) in [5.41, 5.74) is 0. The molecule has 0 aromatic rings. The van der Waals surface area contributed by atoms with Gasteiger partial charge in [-0.05, 0) is 19.3 Å². The van der Waals surface area contributed by atoms with Crippen LogP contribution in [0.3, 0.4) is 0 Å². The molecule has 1 rings (SSSR count). The Balaban J connectivity index is 2.39. The van der Waals surface area contributed by atoms with Crippen molar-refractivity contribution in [1.29, 1.82) is 0 Å². The van der Waals surface area contributed by atoms with Crippen LogP contribution in [0.15, 0.2) is 0 Å². The minimum absolute atomic E-state index is 0.0200. The molecule has 2 amide bonds. The van der Waals surface area contributed by atoms with E-state index in [2.05, 4.69) is 0 Å². The fraction of sp³-hybridized carbons (Fsp3) is 0.800. The van der Waals surface area contributed by atoms with Crippen LogP contribution in [0.4, 0.5) is 0 Å². The Morgan fingerprint density at radius 2 is 2.23 bits per heavy atom. The lowest BCUT2D eigenvalue weighted by Gasteiger charge is -2.24. The summed E-state index contributed by atoms with van der Waals surface area (Å²) >= 11 is 0. The highest BCUT2D eigenvalue weighted by Crippen LogP contribution is 2.12. The lowest BCUT2D eigenvalue weighted by molar-refractivity contribution is -0.146. The number of nitrogens with zero attached hydrogens (tertiary/aromatic N) is 1. The van der Waals surface area contributed by atoms with Gasteiger partial charge in [0.15, 0.2) is 0 Å². The smallest absolute Gasteiger partial charge is 0.229 e.